The summed E-state index contributed by atoms with van der Waals surface area (Å²) in [6, 6.07) is 9.05. The fourth-order valence-corrected chi connectivity index (χ4v) is 3.35. The van der Waals surface area contributed by atoms with Gasteiger partial charge in [-0.05, 0) is 26.3 Å². The van der Waals surface area contributed by atoms with E-state index in [9.17, 15) is 24.3 Å². The second-order valence-electron chi connectivity index (χ2n) is 9.56. The highest BCUT2D eigenvalue weighted by atomic mass is 16.6. The molecule has 2 aromatic heterocycles. The largest absolute Gasteiger partial charge is 0.480 e. The number of carbonyl (C=O) groups excluding carboxylic acids is 3. The predicted octanol–water partition coefficient (Wildman–Crippen LogP) is 1.78. The number of imidazole rings is 1. The monoisotopic (exact) mass is 541 g/mol. The average molecular weight is 542 g/mol. The Morgan fingerprint density at radius 2 is 1.82 bits per heavy atom. The zero-order valence-corrected chi connectivity index (χ0v) is 22.2. The van der Waals surface area contributed by atoms with Crippen molar-refractivity contribution in [2.45, 2.75) is 39.5 Å². The number of nitrogens with one attached hydrogen (secondary N) is 1. The number of rotatable bonds is 9. The van der Waals surface area contributed by atoms with E-state index in [2.05, 4.69) is 19.9 Å². The summed E-state index contributed by atoms with van der Waals surface area (Å²) in [6.45, 7) is 4.12. The maximum Gasteiger partial charge on any atom is 0.435 e. The molecule has 208 valence electrons. The Balaban J connectivity index is 1.79. The van der Waals surface area contributed by atoms with Gasteiger partial charge in [-0.3, -0.25) is 9.59 Å². The van der Waals surface area contributed by atoms with Gasteiger partial charge >= 0.3 is 18.2 Å². The second-order valence-corrected chi connectivity index (χ2v) is 9.56. The molecule has 2 heterocycles. The van der Waals surface area contributed by atoms with Crippen molar-refractivity contribution in [2.75, 3.05) is 26.7 Å². The topological polar surface area (TPSA) is 172 Å². The Kier molecular flexibility index (Phi) is 9.36. The number of H-pyrrole nitrogens is 1. The van der Waals surface area contributed by atoms with Crippen LogP contribution >= 0.6 is 0 Å². The number of nitrogens with zero attached hydrogens (tertiary/aromatic N) is 6. The van der Waals surface area contributed by atoms with Crippen molar-refractivity contribution in [1.29, 1.82) is 0 Å². The maximum absolute atomic E-state index is 13.2. The standard InChI is InChI=1S/C25H31N7O7/c1-25(2,3)39-24(37)30(4)10-11-31(13-19(34)35)18(33)12-32-16-28-21-20(26-15-27-21)22(32)29-23(36)38-14-17-8-6-5-7-9-17/h5-9,15-16H,10-14H2,1-4H3,(H,26,27)(H,34,35)/b29-22+. The number of benzene rings is 1. The van der Waals surface area contributed by atoms with Crippen molar-refractivity contribution >= 4 is 35.2 Å². The number of carboxylic acids is 1. The molecule has 14 heteroatoms. The van der Waals surface area contributed by atoms with Crippen LogP contribution in [0.2, 0.25) is 0 Å². The van der Waals surface area contributed by atoms with Crippen molar-refractivity contribution in [3.05, 3.63) is 54.0 Å². The van der Waals surface area contributed by atoms with Crippen LogP contribution in [0.3, 0.4) is 0 Å². The van der Waals surface area contributed by atoms with Crippen LogP contribution in [0.25, 0.3) is 11.2 Å². The van der Waals surface area contributed by atoms with Crippen molar-refractivity contribution in [2.24, 2.45) is 4.99 Å². The number of hydrogen-bond donors (Lipinski definition) is 2. The van der Waals surface area contributed by atoms with Crippen molar-refractivity contribution in [3.8, 4) is 0 Å². The first-order valence-electron chi connectivity index (χ1n) is 12.0. The van der Waals surface area contributed by atoms with E-state index >= 15 is 0 Å². The molecule has 0 aliphatic rings. The molecule has 14 nitrogen and oxygen atoms in total. The quantitative estimate of drug-likeness (QED) is 0.409. The Hall–Kier alpha value is -4.75. The van der Waals surface area contributed by atoms with Crippen LogP contribution in [0.4, 0.5) is 9.59 Å². The van der Waals surface area contributed by atoms with Gasteiger partial charge in [0.1, 0.15) is 30.8 Å². The molecule has 39 heavy (non-hydrogen) atoms. The molecule has 0 atom stereocenters. The third kappa shape index (κ3) is 8.66. The molecule has 3 rings (SSSR count). The van der Waals surface area contributed by atoms with Gasteiger partial charge in [-0.25, -0.2) is 19.6 Å². The lowest BCUT2D eigenvalue weighted by atomic mass is 10.2. The Morgan fingerprint density at radius 1 is 1.10 bits per heavy atom. The van der Waals surface area contributed by atoms with Gasteiger partial charge in [0, 0.05) is 20.1 Å². The first kappa shape index (κ1) is 28.8. The second kappa shape index (κ2) is 12.7. The molecule has 1 aromatic carbocycles. The minimum Gasteiger partial charge on any atom is -0.480 e. The molecule has 0 saturated heterocycles. The summed E-state index contributed by atoms with van der Waals surface area (Å²) >= 11 is 0. The number of carbonyl (C=O) groups is 4. The number of ether oxygens (including phenoxy) is 2. The summed E-state index contributed by atoms with van der Waals surface area (Å²) in [5.74, 6) is -1.83. The lowest BCUT2D eigenvalue weighted by Gasteiger charge is -2.27. The highest BCUT2D eigenvalue weighted by Crippen LogP contribution is 2.09. The van der Waals surface area contributed by atoms with E-state index in [4.69, 9.17) is 9.47 Å². The van der Waals surface area contributed by atoms with E-state index in [1.165, 1.54) is 29.2 Å². The number of aromatic nitrogens is 4. The molecule has 0 spiro atoms. The highest BCUT2D eigenvalue weighted by Gasteiger charge is 2.23. The van der Waals surface area contributed by atoms with Crippen LogP contribution in [0.1, 0.15) is 26.3 Å². The lowest BCUT2D eigenvalue weighted by Crippen LogP contribution is -2.45. The molecular weight excluding hydrogens is 510 g/mol. The molecule has 0 fully saturated rings. The Labute approximate surface area is 223 Å². The van der Waals surface area contributed by atoms with E-state index in [1.807, 2.05) is 18.2 Å². The van der Waals surface area contributed by atoms with E-state index in [0.29, 0.717) is 0 Å². The van der Waals surface area contributed by atoms with E-state index in [-0.39, 0.29) is 36.3 Å². The third-order valence-corrected chi connectivity index (χ3v) is 5.23. The molecule has 0 saturated carbocycles. The van der Waals surface area contributed by atoms with E-state index in [0.717, 1.165) is 10.5 Å². The van der Waals surface area contributed by atoms with Crippen LogP contribution in [0.15, 0.2) is 48.0 Å². The zero-order valence-electron chi connectivity index (χ0n) is 22.2. The smallest absolute Gasteiger partial charge is 0.435 e. The minimum atomic E-state index is -1.23. The summed E-state index contributed by atoms with van der Waals surface area (Å²) in [4.78, 5) is 66.8. The Morgan fingerprint density at radius 3 is 2.49 bits per heavy atom. The molecule has 2 N–H and O–H groups in total. The van der Waals surface area contributed by atoms with E-state index in [1.54, 1.807) is 32.9 Å². The first-order valence-corrected chi connectivity index (χ1v) is 12.0. The van der Waals surface area contributed by atoms with Crippen LogP contribution in [0.5, 0.6) is 0 Å². The number of amides is 3. The van der Waals surface area contributed by atoms with Crippen molar-refractivity contribution in [1.82, 2.24) is 29.3 Å². The number of fused-ring (bicyclic) bond motifs is 1. The molecule has 3 aromatic rings. The number of likely N-dealkylation sites (N-methyl/N-ethyl adjacent to an activating group) is 1. The van der Waals surface area contributed by atoms with Gasteiger partial charge in [0.25, 0.3) is 0 Å². The van der Waals surface area contributed by atoms with Gasteiger partial charge in [0.05, 0.1) is 12.7 Å². The summed E-state index contributed by atoms with van der Waals surface area (Å²) in [5, 5.41) is 9.36. The van der Waals surface area contributed by atoms with E-state index < -0.39 is 42.8 Å². The van der Waals surface area contributed by atoms with Gasteiger partial charge in [-0.2, -0.15) is 4.99 Å². The van der Waals surface area contributed by atoms with Gasteiger partial charge in [0.15, 0.2) is 11.1 Å². The SMILES string of the molecule is CN(CCN(CC(=O)O)C(=O)Cn1cnc2nc[nH]c2/c1=N\C(=O)OCc1ccccc1)C(=O)OC(C)(C)C. The minimum absolute atomic E-state index is 0.00311. The van der Waals surface area contributed by atoms with Gasteiger partial charge in [-0.1, -0.05) is 30.3 Å². The average Bonchev–Trinajstić information content (AvgIpc) is 3.35. The number of aliphatic carboxylic acids is 1. The first-order chi connectivity index (χ1) is 18.4. The summed E-state index contributed by atoms with van der Waals surface area (Å²) in [6.07, 6.45) is 1.13. The lowest BCUT2D eigenvalue weighted by molar-refractivity contribution is -0.144. The molecule has 0 unspecified atom stereocenters. The normalized spacial score (nSPS) is 11.7. The fourth-order valence-electron chi connectivity index (χ4n) is 3.35. The number of carboxylic acid groups (broad SMARTS) is 1. The highest BCUT2D eigenvalue weighted by molar-refractivity contribution is 5.81. The molecule has 0 aliphatic heterocycles. The molecule has 3 amide bonds. The fraction of sp³-hybridized carbons (Fsp3) is 0.400. The summed E-state index contributed by atoms with van der Waals surface area (Å²) in [7, 11) is 1.49. The zero-order chi connectivity index (χ0) is 28.6. The predicted molar refractivity (Wildman–Crippen MR) is 137 cm³/mol. The van der Waals surface area contributed by atoms with Crippen molar-refractivity contribution < 1.29 is 33.8 Å². The molecule has 0 aliphatic carbocycles. The molecule has 0 bridgehead atoms. The van der Waals surface area contributed by atoms with Crippen molar-refractivity contribution in [3.63, 3.8) is 0 Å². The van der Waals surface area contributed by atoms with Gasteiger partial charge in [0.2, 0.25) is 5.91 Å². The van der Waals surface area contributed by atoms with Gasteiger partial charge < -0.3 is 33.9 Å². The summed E-state index contributed by atoms with van der Waals surface area (Å²) in [5.41, 5.74) is 0.640. The van der Waals surface area contributed by atoms with Crippen LogP contribution in [-0.4, -0.2) is 90.8 Å². The molecule has 0 radical (unpaired) electrons. The van der Waals surface area contributed by atoms with Crippen LogP contribution < -0.4 is 5.49 Å². The van der Waals surface area contributed by atoms with Crippen LogP contribution in [-0.2, 0) is 32.2 Å². The van der Waals surface area contributed by atoms with Crippen LogP contribution in [0, 0.1) is 0 Å². The third-order valence-electron chi connectivity index (χ3n) is 5.23. The summed E-state index contributed by atoms with van der Waals surface area (Å²) < 4.78 is 11.8. The number of hydrogen-bond acceptors (Lipinski definition) is 8. The van der Waals surface area contributed by atoms with Gasteiger partial charge in [-0.15, -0.1) is 0 Å². The number of aromatic amines is 1. The Bertz CT molecular complexity index is 1390. The maximum atomic E-state index is 13.2. The molecular formula is C25H31N7O7.